The molecule has 1 N–H and O–H groups in total. The Hall–Kier alpha value is -1.67. The fraction of sp³-hybridized carbons (Fsp3) is 0.526. The van der Waals surface area contributed by atoms with Crippen molar-refractivity contribution in [1.29, 1.82) is 0 Å². The molecule has 27 heavy (non-hydrogen) atoms. The standard InChI is InChI=1S/C19H25NO5S2/c1-4-12(2)16(18(23)24-3)20-15(21)11-25-17(22)13-5-7-14(8-6-13)19-26-9-10-27-19/h5-8,12,16,19H,4,9-11H2,1-3H3,(H,20,21)/t12-,16+/m1/s1. The third-order valence-electron chi connectivity index (χ3n) is 4.36. The number of esters is 2. The van der Waals surface area contributed by atoms with Crippen LogP contribution in [-0.4, -0.2) is 49.1 Å². The Labute approximate surface area is 168 Å². The number of hydrogen-bond acceptors (Lipinski definition) is 7. The fourth-order valence-electron chi connectivity index (χ4n) is 2.55. The number of rotatable bonds is 8. The molecule has 2 atom stereocenters. The molecule has 1 aromatic carbocycles. The number of thioether (sulfide) groups is 2. The third-order valence-corrected chi connectivity index (χ3v) is 7.46. The van der Waals surface area contributed by atoms with Crippen LogP contribution in [0.3, 0.4) is 0 Å². The number of hydrogen-bond donors (Lipinski definition) is 1. The van der Waals surface area contributed by atoms with Gasteiger partial charge in [0, 0.05) is 11.5 Å². The molecular formula is C19H25NO5S2. The highest BCUT2D eigenvalue weighted by Gasteiger charge is 2.27. The average Bonchev–Trinajstić information content (AvgIpc) is 3.24. The van der Waals surface area contributed by atoms with Crippen LogP contribution in [0.4, 0.5) is 0 Å². The first-order valence-electron chi connectivity index (χ1n) is 8.83. The van der Waals surface area contributed by atoms with E-state index in [1.165, 1.54) is 12.7 Å². The molecule has 0 aliphatic carbocycles. The van der Waals surface area contributed by atoms with Crippen LogP contribution in [-0.2, 0) is 19.1 Å². The van der Waals surface area contributed by atoms with Crippen LogP contribution in [0.2, 0.25) is 0 Å². The normalized spacial score (nSPS) is 16.4. The topological polar surface area (TPSA) is 81.7 Å². The van der Waals surface area contributed by atoms with Gasteiger partial charge in [-0.05, 0) is 23.6 Å². The Kier molecular flexibility index (Phi) is 8.50. The second-order valence-corrected chi connectivity index (χ2v) is 8.95. The van der Waals surface area contributed by atoms with E-state index >= 15 is 0 Å². The molecule has 1 heterocycles. The second kappa shape index (κ2) is 10.6. The summed E-state index contributed by atoms with van der Waals surface area (Å²) in [5, 5.41) is 2.58. The molecule has 8 heteroatoms. The molecule has 0 bridgehead atoms. The molecule has 1 aliphatic heterocycles. The molecule has 1 aliphatic rings. The van der Waals surface area contributed by atoms with E-state index in [4.69, 9.17) is 9.47 Å². The van der Waals surface area contributed by atoms with E-state index in [9.17, 15) is 14.4 Å². The van der Waals surface area contributed by atoms with Gasteiger partial charge in [-0.15, -0.1) is 23.5 Å². The van der Waals surface area contributed by atoms with Gasteiger partial charge in [0.15, 0.2) is 6.61 Å². The minimum atomic E-state index is -0.758. The highest BCUT2D eigenvalue weighted by molar-refractivity contribution is 8.19. The highest BCUT2D eigenvalue weighted by atomic mass is 32.2. The van der Waals surface area contributed by atoms with Crippen molar-refractivity contribution in [2.75, 3.05) is 25.2 Å². The smallest absolute Gasteiger partial charge is 0.338 e. The Morgan fingerprint density at radius 1 is 1.19 bits per heavy atom. The molecule has 148 valence electrons. The van der Waals surface area contributed by atoms with Gasteiger partial charge in [0.05, 0.1) is 17.3 Å². The second-order valence-electron chi connectivity index (χ2n) is 6.23. The van der Waals surface area contributed by atoms with Gasteiger partial charge in [0.2, 0.25) is 0 Å². The van der Waals surface area contributed by atoms with Crippen molar-refractivity contribution in [3.8, 4) is 0 Å². The summed E-state index contributed by atoms with van der Waals surface area (Å²) in [6.07, 6.45) is 0.698. The molecule has 0 saturated carbocycles. The van der Waals surface area contributed by atoms with Gasteiger partial charge in [0.25, 0.3) is 5.91 Å². The van der Waals surface area contributed by atoms with Crippen molar-refractivity contribution >= 4 is 41.4 Å². The molecule has 1 aromatic rings. The van der Waals surface area contributed by atoms with Gasteiger partial charge in [-0.2, -0.15) is 0 Å². The molecule has 0 unspecified atom stereocenters. The predicted molar refractivity (Wildman–Crippen MR) is 108 cm³/mol. The molecule has 0 spiro atoms. The number of methoxy groups -OCH3 is 1. The zero-order valence-corrected chi connectivity index (χ0v) is 17.4. The molecule has 1 saturated heterocycles. The van der Waals surface area contributed by atoms with Crippen molar-refractivity contribution in [3.05, 3.63) is 35.4 Å². The zero-order chi connectivity index (χ0) is 19.8. The van der Waals surface area contributed by atoms with E-state index < -0.39 is 30.5 Å². The summed E-state index contributed by atoms with van der Waals surface area (Å²) >= 11 is 3.79. The monoisotopic (exact) mass is 411 g/mol. The summed E-state index contributed by atoms with van der Waals surface area (Å²) in [5.41, 5.74) is 1.57. The molecule has 1 fully saturated rings. The van der Waals surface area contributed by atoms with Gasteiger partial charge in [-0.3, -0.25) is 4.79 Å². The lowest BCUT2D eigenvalue weighted by Gasteiger charge is -2.21. The lowest BCUT2D eigenvalue weighted by Crippen LogP contribution is -2.47. The van der Waals surface area contributed by atoms with Crippen molar-refractivity contribution in [2.24, 2.45) is 5.92 Å². The van der Waals surface area contributed by atoms with E-state index in [-0.39, 0.29) is 5.92 Å². The van der Waals surface area contributed by atoms with Gasteiger partial charge in [-0.1, -0.05) is 32.4 Å². The lowest BCUT2D eigenvalue weighted by atomic mass is 9.99. The largest absolute Gasteiger partial charge is 0.467 e. The molecule has 6 nitrogen and oxygen atoms in total. The van der Waals surface area contributed by atoms with Gasteiger partial charge in [-0.25, -0.2) is 9.59 Å². The first-order valence-corrected chi connectivity index (χ1v) is 10.9. The maximum atomic E-state index is 12.1. The van der Waals surface area contributed by atoms with E-state index in [0.29, 0.717) is 16.6 Å². The number of nitrogens with one attached hydrogen (secondary N) is 1. The quantitative estimate of drug-likeness (QED) is 0.659. The third kappa shape index (κ3) is 6.17. The van der Waals surface area contributed by atoms with Gasteiger partial charge >= 0.3 is 11.9 Å². The zero-order valence-electron chi connectivity index (χ0n) is 15.7. The van der Waals surface area contributed by atoms with Crippen LogP contribution in [0.25, 0.3) is 0 Å². The van der Waals surface area contributed by atoms with Crippen LogP contribution in [0.5, 0.6) is 0 Å². The number of carbonyl (C=O) groups is 3. The molecule has 1 amide bonds. The van der Waals surface area contributed by atoms with E-state index in [1.54, 1.807) is 12.1 Å². The number of ether oxygens (including phenoxy) is 2. The summed E-state index contributed by atoms with van der Waals surface area (Å²) in [4.78, 5) is 36.0. The van der Waals surface area contributed by atoms with Crippen molar-refractivity contribution in [1.82, 2.24) is 5.32 Å². The highest BCUT2D eigenvalue weighted by Crippen LogP contribution is 2.45. The van der Waals surface area contributed by atoms with Gasteiger partial charge < -0.3 is 14.8 Å². The van der Waals surface area contributed by atoms with E-state index in [0.717, 1.165) is 11.5 Å². The van der Waals surface area contributed by atoms with Crippen LogP contribution in [0.15, 0.2) is 24.3 Å². The van der Waals surface area contributed by atoms with Crippen LogP contribution in [0, 0.1) is 5.92 Å². The molecule has 0 radical (unpaired) electrons. The number of amides is 1. The van der Waals surface area contributed by atoms with E-state index in [1.807, 2.05) is 49.5 Å². The molecule has 0 aromatic heterocycles. The Bertz CT molecular complexity index is 659. The fourth-order valence-corrected chi connectivity index (χ4v) is 5.41. The summed E-state index contributed by atoms with van der Waals surface area (Å²) < 4.78 is 10.2. The van der Waals surface area contributed by atoms with Crippen LogP contribution < -0.4 is 5.32 Å². The summed E-state index contributed by atoms with van der Waals surface area (Å²) in [6.45, 7) is 3.31. The van der Waals surface area contributed by atoms with Crippen LogP contribution in [0.1, 0.15) is 40.8 Å². The summed E-state index contributed by atoms with van der Waals surface area (Å²) in [5.74, 6) is 0.573. The van der Waals surface area contributed by atoms with Crippen LogP contribution >= 0.6 is 23.5 Å². The Morgan fingerprint density at radius 3 is 2.37 bits per heavy atom. The first-order chi connectivity index (χ1) is 13.0. The minimum Gasteiger partial charge on any atom is -0.467 e. The predicted octanol–water partition coefficient (Wildman–Crippen LogP) is 3.03. The lowest BCUT2D eigenvalue weighted by molar-refractivity contribution is -0.147. The number of carbonyl (C=O) groups excluding carboxylic acids is 3. The first kappa shape index (κ1) is 21.6. The molecular weight excluding hydrogens is 386 g/mol. The minimum absolute atomic E-state index is 0.0871. The Balaban J connectivity index is 1.86. The molecule has 2 rings (SSSR count). The van der Waals surface area contributed by atoms with Gasteiger partial charge in [0.1, 0.15) is 6.04 Å². The Morgan fingerprint density at radius 2 is 1.81 bits per heavy atom. The SMILES string of the molecule is CC[C@@H](C)[C@H](NC(=O)COC(=O)c1ccc(C2SCCS2)cc1)C(=O)OC. The van der Waals surface area contributed by atoms with Crippen molar-refractivity contribution < 1.29 is 23.9 Å². The maximum Gasteiger partial charge on any atom is 0.338 e. The summed E-state index contributed by atoms with van der Waals surface area (Å²) in [7, 11) is 1.27. The van der Waals surface area contributed by atoms with E-state index in [2.05, 4.69) is 5.32 Å². The van der Waals surface area contributed by atoms with Crippen molar-refractivity contribution in [3.63, 3.8) is 0 Å². The average molecular weight is 412 g/mol. The van der Waals surface area contributed by atoms with Crippen molar-refractivity contribution in [2.45, 2.75) is 30.9 Å². The maximum absolute atomic E-state index is 12.1. The summed E-state index contributed by atoms with van der Waals surface area (Å²) in [6, 6.07) is 6.51. The number of benzene rings is 1.